The third-order valence-corrected chi connectivity index (χ3v) is 6.48. The lowest BCUT2D eigenvalue weighted by Crippen LogP contribution is -2.35. The molecule has 4 rings (SSSR count). The van der Waals surface area contributed by atoms with E-state index in [4.69, 9.17) is 21.3 Å². The maximum absolute atomic E-state index is 11.7. The molecule has 6 heteroatoms. The number of hydrogen-bond donors (Lipinski definition) is 0. The van der Waals surface area contributed by atoms with Gasteiger partial charge in [-0.2, -0.15) is 0 Å². The first-order chi connectivity index (χ1) is 16.5. The van der Waals surface area contributed by atoms with Gasteiger partial charge < -0.3 is 4.74 Å². The number of esters is 1. The van der Waals surface area contributed by atoms with E-state index in [0.717, 1.165) is 61.0 Å². The normalized spacial score (nSPS) is 14.4. The number of rotatable bonds is 9. The van der Waals surface area contributed by atoms with Crippen molar-refractivity contribution in [3.63, 3.8) is 0 Å². The number of hydrogen-bond acceptors (Lipinski definition) is 5. The van der Waals surface area contributed by atoms with Crippen molar-refractivity contribution >= 4 is 17.6 Å². The van der Waals surface area contributed by atoms with E-state index in [-0.39, 0.29) is 11.9 Å². The molecule has 0 radical (unpaired) electrons. The van der Waals surface area contributed by atoms with Gasteiger partial charge >= 0.3 is 5.97 Å². The second-order valence-corrected chi connectivity index (χ2v) is 9.52. The Kier molecular flexibility index (Phi) is 8.30. The van der Waals surface area contributed by atoms with Crippen molar-refractivity contribution < 1.29 is 9.53 Å². The summed E-state index contributed by atoms with van der Waals surface area (Å²) >= 11 is 5.97. The fourth-order valence-electron chi connectivity index (χ4n) is 4.44. The Hall–Kier alpha value is -2.76. The lowest BCUT2D eigenvalue weighted by atomic mass is 10.0. The van der Waals surface area contributed by atoms with Crippen LogP contribution in [0.5, 0.6) is 0 Å². The number of ether oxygens (including phenoxy) is 1. The number of nitrogens with zero attached hydrogens (tertiary/aromatic N) is 3. The molecule has 1 aliphatic heterocycles. The van der Waals surface area contributed by atoms with E-state index in [1.54, 1.807) is 0 Å². The number of aryl methyl sites for hydroxylation is 2. The number of benzene rings is 2. The molecular formula is C28H32ClN3O2. The standard InChI is InChI=1S/C28H32ClN3O2/c1-3-34-27(33)16-20(2)18-32-15-14-26-24(19-32)17-30-28(31-26)23-10-6-21(7-11-23)4-5-22-8-12-25(29)13-9-22/h6-13,17,20H,3-5,14-16,18-19H2,1-2H3. The van der Waals surface area contributed by atoms with Crippen LogP contribution in [0.25, 0.3) is 11.4 Å². The maximum Gasteiger partial charge on any atom is 0.306 e. The molecular weight excluding hydrogens is 446 g/mol. The molecule has 0 bridgehead atoms. The molecule has 0 saturated carbocycles. The van der Waals surface area contributed by atoms with Gasteiger partial charge in [0, 0.05) is 54.8 Å². The van der Waals surface area contributed by atoms with Crippen molar-refractivity contribution in [3.05, 3.63) is 82.1 Å². The summed E-state index contributed by atoms with van der Waals surface area (Å²) in [6, 6.07) is 16.6. The first-order valence-electron chi connectivity index (χ1n) is 12.1. The Morgan fingerprint density at radius 1 is 1.09 bits per heavy atom. The summed E-state index contributed by atoms with van der Waals surface area (Å²) in [7, 11) is 0. The highest BCUT2D eigenvalue weighted by Crippen LogP contribution is 2.23. The first kappa shape index (κ1) is 24.4. The number of halogens is 1. The number of carbonyl (C=O) groups excluding carboxylic acids is 1. The summed E-state index contributed by atoms with van der Waals surface area (Å²) in [6.07, 6.45) is 5.30. The number of aromatic nitrogens is 2. The topological polar surface area (TPSA) is 55.3 Å². The van der Waals surface area contributed by atoms with Gasteiger partial charge in [0.2, 0.25) is 0 Å². The summed E-state index contributed by atoms with van der Waals surface area (Å²) in [5.41, 5.74) is 5.94. The predicted octanol–water partition coefficient (Wildman–Crippen LogP) is 5.53. The third-order valence-electron chi connectivity index (χ3n) is 6.23. The van der Waals surface area contributed by atoms with Gasteiger partial charge in [0.1, 0.15) is 0 Å². The van der Waals surface area contributed by atoms with Gasteiger partial charge in [-0.3, -0.25) is 9.69 Å². The van der Waals surface area contributed by atoms with E-state index < -0.39 is 0 Å². The van der Waals surface area contributed by atoms with Crippen LogP contribution in [0.2, 0.25) is 5.02 Å². The summed E-state index contributed by atoms with van der Waals surface area (Å²) in [4.78, 5) is 23.6. The molecule has 2 heterocycles. The highest BCUT2D eigenvalue weighted by Gasteiger charge is 2.21. The molecule has 0 fully saturated rings. The monoisotopic (exact) mass is 477 g/mol. The minimum atomic E-state index is -0.114. The average molecular weight is 478 g/mol. The Morgan fingerprint density at radius 2 is 1.76 bits per heavy atom. The zero-order chi connectivity index (χ0) is 23.9. The average Bonchev–Trinajstić information content (AvgIpc) is 2.84. The molecule has 0 saturated heterocycles. The molecule has 5 nitrogen and oxygen atoms in total. The van der Waals surface area contributed by atoms with E-state index in [1.807, 2.05) is 25.3 Å². The van der Waals surface area contributed by atoms with E-state index in [9.17, 15) is 4.79 Å². The molecule has 1 unspecified atom stereocenters. The highest BCUT2D eigenvalue weighted by atomic mass is 35.5. The van der Waals surface area contributed by atoms with Crippen LogP contribution in [0.1, 0.15) is 42.7 Å². The Bertz CT molecular complexity index is 1100. The Morgan fingerprint density at radius 3 is 2.44 bits per heavy atom. The largest absolute Gasteiger partial charge is 0.466 e. The second kappa shape index (κ2) is 11.6. The van der Waals surface area contributed by atoms with Crippen LogP contribution in [0, 0.1) is 5.92 Å². The summed E-state index contributed by atoms with van der Waals surface area (Å²) in [5.74, 6) is 0.933. The van der Waals surface area contributed by atoms with Crippen LogP contribution < -0.4 is 0 Å². The second-order valence-electron chi connectivity index (χ2n) is 9.09. The maximum atomic E-state index is 11.7. The van der Waals surface area contributed by atoms with Gasteiger partial charge in [0.25, 0.3) is 0 Å². The molecule has 2 aromatic carbocycles. The third kappa shape index (κ3) is 6.64. The molecule has 1 aromatic heterocycles. The summed E-state index contributed by atoms with van der Waals surface area (Å²) < 4.78 is 5.08. The van der Waals surface area contributed by atoms with Gasteiger partial charge in [-0.1, -0.05) is 54.9 Å². The lowest BCUT2D eigenvalue weighted by Gasteiger charge is -2.30. The SMILES string of the molecule is CCOC(=O)CC(C)CN1CCc2nc(-c3ccc(CCc4ccc(Cl)cc4)cc3)ncc2C1. The number of carbonyl (C=O) groups is 1. The predicted molar refractivity (Wildman–Crippen MR) is 136 cm³/mol. The molecule has 1 atom stereocenters. The van der Waals surface area contributed by atoms with Crippen molar-refractivity contribution in [3.8, 4) is 11.4 Å². The minimum Gasteiger partial charge on any atom is -0.466 e. The van der Waals surface area contributed by atoms with Crippen molar-refractivity contribution in [1.82, 2.24) is 14.9 Å². The van der Waals surface area contributed by atoms with Gasteiger partial charge in [0.05, 0.1) is 12.3 Å². The smallest absolute Gasteiger partial charge is 0.306 e. The van der Waals surface area contributed by atoms with Crippen molar-refractivity contribution in [2.24, 2.45) is 5.92 Å². The van der Waals surface area contributed by atoms with E-state index in [0.29, 0.717) is 13.0 Å². The zero-order valence-electron chi connectivity index (χ0n) is 20.0. The van der Waals surface area contributed by atoms with Crippen molar-refractivity contribution in [2.75, 3.05) is 19.7 Å². The molecule has 3 aromatic rings. The van der Waals surface area contributed by atoms with Gasteiger partial charge in [-0.25, -0.2) is 9.97 Å². The highest BCUT2D eigenvalue weighted by molar-refractivity contribution is 6.30. The van der Waals surface area contributed by atoms with Crippen molar-refractivity contribution in [2.45, 2.75) is 46.1 Å². The Balaban J connectivity index is 1.33. The quantitative estimate of drug-likeness (QED) is 0.379. The molecule has 178 valence electrons. The molecule has 0 N–H and O–H groups in total. The summed E-state index contributed by atoms with van der Waals surface area (Å²) in [5, 5.41) is 0.773. The molecule has 0 amide bonds. The number of fused-ring (bicyclic) bond motifs is 1. The molecule has 0 aliphatic carbocycles. The zero-order valence-corrected chi connectivity index (χ0v) is 20.7. The van der Waals surface area contributed by atoms with Crippen LogP contribution in [0.15, 0.2) is 54.7 Å². The lowest BCUT2D eigenvalue weighted by molar-refractivity contribution is -0.144. The van der Waals surface area contributed by atoms with Crippen LogP contribution in [-0.2, 0) is 35.3 Å². The van der Waals surface area contributed by atoms with Crippen LogP contribution in [0.4, 0.5) is 0 Å². The molecule has 0 spiro atoms. The van der Waals surface area contributed by atoms with E-state index in [2.05, 4.69) is 53.2 Å². The van der Waals surface area contributed by atoms with Crippen LogP contribution >= 0.6 is 11.6 Å². The van der Waals surface area contributed by atoms with E-state index >= 15 is 0 Å². The first-order valence-corrected chi connectivity index (χ1v) is 12.4. The molecule has 1 aliphatic rings. The van der Waals surface area contributed by atoms with E-state index in [1.165, 1.54) is 16.7 Å². The van der Waals surface area contributed by atoms with Gasteiger partial charge in [0.15, 0.2) is 5.82 Å². The van der Waals surface area contributed by atoms with Crippen LogP contribution in [-0.4, -0.2) is 40.5 Å². The van der Waals surface area contributed by atoms with Crippen LogP contribution in [0.3, 0.4) is 0 Å². The fraction of sp³-hybridized carbons (Fsp3) is 0.393. The van der Waals surface area contributed by atoms with Gasteiger partial charge in [-0.15, -0.1) is 0 Å². The van der Waals surface area contributed by atoms with Crippen molar-refractivity contribution in [1.29, 1.82) is 0 Å². The summed E-state index contributed by atoms with van der Waals surface area (Å²) in [6.45, 7) is 7.03. The Labute approximate surface area is 207 Å². The minimum absolute atomic E-state index is 0.114. The molecule has 34 heavy (non-hydrogen) atoms. The fourth-order valence-corrected chi connectivity index (χ4v) is 4.57. The van der Waals surface area contributed by atoms with Gasteiger partial charge in [-0.05, 0) is 48.9 Å².